The van der Waals surface area contributed by atoms with Crippen LogP contribution in [0.15, 0.2) is 48.5 Å². The highest BCUT2D eigenvalue weighted by Gasteiger charge is 2.33. The SMILES string of the molecule is NC(=O)C1CN(C(=O)CN2CCc3ccccc32)c2ccccc2O1. The molecule has 2 aromatic rings. The fraction of sp³-hybridized carbons (Fsp3) is 0.263. The topological polar surface area (TPSA) is 75.9 Å². The molecule has 2 N–H and O–H groups in total. The van der Waals surface area contributed by atoms with E-state index in [0.29, 0.717) is 11.4 Å². The van der Waals surface area contributed by atoms with E-state index >= 15 is 0 Å². The van der Waals surface area contributed by atoms with Crippen LogP contribution in [-0.4, -0.2) is 37.6 Å². The molecule has 4 rings (SSSR count). The van der Waals surface area contributed by atoms with Gasteiger partial charge < -0.3 is 20.3 Å². The largest absolute Gasteiger partial charge is 0.477 e. The van der Waals surface area contributed by atoms with Gasteiger partial charge in [-0.3, -0.25) is 9.59 Å². The Labute approximate surface area is 145 Å². The maximum absolute atomic E-state index is 13.0. The number of hydrogen-bond donors (Lipinski definition) is 1. The van der Waals surface area contributed by atoms with Crippen LogP contribution in [0.4, 0.5) is 11.4 Å². The number of amides is 2. The van der Waals surface area contributed by atoms with Crippen molar-refractivity contribution in [2.24, 2.45) is 5.73 Å². The second-order valence-corrected chi connectivity index (χ2v) is 6.28. The summed E-state index contributed by atoms with van der Waals surface area (Å²) in [6, 6.07) is 15.3. The predicted molar refractivity (Wildman–Crippen MR) is 94.8 cm³/mol. The average Bonchev–Trinajstić information content (AvgIpc) is 3.03. The van der Waals surface area contributed by atoms with Gasteiger partial charge in [-0.1, -0.05) is 30.3 Å². The summed E-state index contributed by atoms with van der Waals surface area (Å²) in [7, 11) is 0. The number of anilines is 2. The molecule has 1 atom stereocenters. The molecule has 2 aromatic carbocycles. The number of para-hydroxylation sites is 3. The number of hydrogen-bond acceptors (Lipinski definition) is 4. The van der Waals surface area contributed by atoms with Crippen molar-refractivity contribution in [3.05, 3.63) is 54.1 Å². The molecule has 25 heavy (non-hydrogen) atoms. The molecule has 0 radical (unpaired) electrons. The Morgan fingerprint density at radius 2 is 1.80 bits per heavy atom. The van der Waals surface area contributed by atoms with Crippen LogP contribution < -0.4 is 20.3 Å². The summed E-state index contributed by atoms with van der Waals surface area (Å²) >= 11 is 0. The van der Waals surface area contributed by atoms with Crippen LogP contribution in [0.25, 0.3) is 0 Å². The van der Waals surface area contributed by atoms with Gasteiger partial charge in [-0.15, -0.1) is 0 Å². The molecule has 2 aliphatic rings. The van der Waals surface area contributed by atoms with Crippen LogP contribution in [0.5, 0.6) is 5.75 Å². The summed E-state index contributed by atoms with van der Waals surface area (Å²) in [6.45, 7) is 1.22. The van der Waals surface area contributed by atoms with Crippen molar-refractivity contribution in [2.75, 3.05) is 29.4 Å². The molecule has 2 heterocycles. The lowest BCUT2D eigenvalue weighted by Gasteiger charge is -2.34. The summed E-state index contributed by atoms with van der Waals surface area (Å²) in [5, 5.41) is 0. The summed E-state index contributed by atoms with van der Waals surface area (Å²) in [5.74, 6) is -0.134. The third-order valence-electron chi connectivity index (χ3n) is 4.70. The molecule has 1 unspecified atom stereocenters. The average molecular weight is 337 g/mol. The van der Waals surface area contributed by atoms with Gasteiger partial charge in [0.2, 0.25) is 5.91 Å². The van der Waals surface area contributed by atoms with Gasteiger partial charge in [-0.2, -0.15) is 0 Å². The number of fused-ring (bicyclic) bond motifs is 2. The Hall–Kier alpha value is -3.02. The molecule has 0 bridgehead atoms. The maximum Gasteiger partial charge on any atom is 0.260 e. The van der Waals surface area contributed by atoms with E-state index in [-0.39, 0.29) is 19.0 Å². The molecule has 128 valence electrons. The summed E-state index contributed by atoms with van der Waals surface area (Å²) in [4.78, 5) is 28.2. The van der Waals surface area contributed by atoms with Gasteiger partial charge in [-0.05, 0) is 30.2 Å². The van der Waals surface area contributed by atoms with E-state index in [1.54, 1.807) is 11.0 Å². The van der Waals surface area contributed by atoms with Crippen LogP contribution in [0.2, 0.25) is 0 Å². The highest BCUT2D eigenvalue weighted by atomic mass is 16.5. The molecular weight excluding hydrogens is 318 g/mol. The van der Waals surface area contributed by atoms with Crippen LogP contribution in [0.1, 0.15) is 5.56 Å². The monoisotopic (exact) mass is 337 g/mol. The van der Waals surface area contributed by atoms with E-state index < -0.39 is 12.0 Å². The number of nitrogens with zero attached hydrogens (tertiary/aromatic N) is 2. The minimum Gasteiger partial charge on any atom is -0.477 e. The molecule has 2 aliphatic heterocycles. The lowest BCUT2D eigenvalue weighted by molar-refractivity contribution is -0.125. The van der Waals surface area contributed by atoms with Crippen LogP contribution in [0, 0.1) is 0 Å². The fourth-order valence-electron chi connectivity index (χ4n) is 3.44. The Balaban J connectivity index is 1.58. The van der Waals surface area contributed by atoms with Crippen LogP contribution in [-0.2, 0) is 16.0 Å². The molecule has 0 aliphatic carbocycles. The quantitative estimate of drug-likeness (QED) is 0.917. The van der Waals surface area contributed by atoms with E-state index in [1.165, 1.54) is 5.56 Å². The Kier molecular flexibility index (Phi) is 3.80. The Bertz CT molecular complexity index is 836. The van der Waals surface area contributed by atoms with E-state index in [2.05, 4.69) is 11.0 Å². The lowest BCUT2D eigenvalue weighted by Crippen LogP contribution is -2.51. The zero-order valence-corrected chi connectivity index (χ0v) is 13.7. The lowest BCUT2D eigenvalue weighted by atomic mass is 10.1. The van der Waals surface area contributed by atoms with Crippen molar-refractivity contribution >= 4 is 23.2 Å². The highest BCUT2D eigenvalue weighted by molar-refractivity contribution is 5.99. The maximum atomic E-state index is 13.0. The number of nitrogens with two attached hydrogens (primary N) is 1. The molecule has 6 heteroatoms. The zero-order chi connectivity index (χ0) is 17.4. The summed E-state index contributed by atoms with van der Waals surface area (Å²) in [6.07, 6.45) is 0.109. The molecule has 2 amide bonds. The summed E-state index contributed by atoms with van der Waals surface area (Å²) < 4.78 is 5.62. The molecule has 6 nitrogen and oxygen atoms in total. The van der Waals surface area contributed by atoms with Crippen molar-refractivity contribution in [1.82, 2.24) is 0 Å². The molecule has 0 fully saturated rings. The number of ether oxygens (including phenoxy) is 1. The fourth-order valence-corrected chi connectivity index (χ4v) is 3.44. The van der Waals surface area contributed by atoms with E-state index in [4.69, 9.17) is 10.5 Å². The van der Waals surface area contributed by atoms with E-state index in [9.17, 15) is 9.59 Å². The standard InChI is InChI=1S/C19H19N3O3/c20-19(24)17-11-22(15-7-3-4-8-16(15)25-17)18(23)12-21-10-9-13-5-1-2-6-14(13)21/h1-8,17H,9-12H2,(H2,20,24). The molecule has 0 aromatic heterocycles. The number of primary amides is 1. The number of rotatable bonds is 3. The van der Waals surface area contributed by atoms with Gasteiger partial charge in [0.05, 0.1) is 18.8 Å². The predicted octanol–water partition coefficient (Wildman–Crippen LogP) is 1.33. The van der Waals surface area contributed by atoms with Gasteiger partial charge in [0.25, 0.3) is 5.91 Å². The second-order valence-electron chi connectivity index (χ2n) is 6.28. The van der Waals surface area contributed by atoms with Crippen molar-refractivity contribution < 1.29 is 14.3 Å². The smallest absolute Gasteiger partial charge is 0.260 e. The molecular formula is C19H19N3O3. The zero-order valence-electron chi connectivity index (χ0n) is 13.7. The van der Waals surface area contributed by atoms with Gasteiger partial charge in [0.15, 0.2) is 6.10 Å². The molecule has 0 saturated carbocycles. The minimum absolute atomic E-state index is 0.0706. The van der Waals surface area contributed by atoms with Crippen molar-refractivity contribution in [3.8, 4) is 5.75 Å². The highest BCUT2D eigenvalue weighted by Crippen LogP contribution is 2.34. The first kappa shape index (κ1) is 15.5. The third-order valence-corrected chi connectivity index (χ3v) is 4.70. The van der Waals surface area contributed by atoms with Gasteiger partial charge >= 0.3 is 0 Å². The van der Waals surface area contributed by atoms with Crippen LogP contribution >= 0.6 is 0 Å². The normalized spacial score (nSPS) is 18.3. The van der Waals surface area contributed by atoms with Crippen LogP contribution in [0.3, 0.4) is 0 Å². The van der Waals surface area contributed by atoms with Gasteiger partial charge in [0, 0.05) is 12.2 Å². The van der Waals surface area contributed by atoms with Crippen molar-refractivity contribution in [2.45, 2.75) is 12.5 Å². The van der Waals surface area contributed by atoms with E-state index in [0.717, 1.165) is 18.7 Å². The molecule has 0 saturated heterocycles. The van der Waals surface area contributed by atoms with Gasteiger partial charge in [-0.25, -0.2) is 0 Å². The first-order chi connectivity index (χ1) is 12.1. The van der Waals surface area contributed by atoms with E-state index in [1.807, 2.05) is 36.4 Å². The second kappa shape index (κ2) is 6.12. The first-order valence-electron chi connectivity index (χ1n) is 8.31. The Morgan fingerprint density at radius 3 is 2.60 bits per heavy atom. The third kappa shape index (κ3) is 2.80. The van der Waals surface area contributed by atoms with Crippen molar-refractivity contribution in [3.63, 3.8) is 0 Å². The number of benzene rings is 2. The minimum atomic E-state index is -0.829. The summed E-state index contributed by atoms with van der Waals surface area (Å²) in [5.41, 5.74) is 8.44. The first-order valence-corrected chi connectivity index (χ1v) is 8.31. The number of carbonyl (C=O) groups excluding carboxylic acids is 2. The number of carbonyl (C=O) groups is 2. The Morgan fingerprint density at radius 1 is 1.08 bits per heavy atom. The van der Waals surface area contributed by atoms with Gasteiger partial charge in [0.1, 0.15) is 5.75 Å². The molecule has 0 spiro atoms. The van der Waals surface area contributed by atoms with Crippen molar-refractivity contribution in [1.29, 1.82) is 0 Å².